The Bertz CT molecular complexity index is 342. The topological polar surface area (TPSA) is 32.3 Å². The fraction of sp³-hybridized carbons (Fsp3) is 0.786. The second-order valence-electron chi connectivity index (χ2n) is 5.61. The summed E-state index contributed by atoms with van der Waals surface area (Å²) in [5, 5.41) is 3.36. The van der Waals surface area contributed by atoms with E-state index < -0.39 is 0 Å². The van der Waals surface area contributed by atoms with Crippen LogP contribution in [-0.4, -0.2) is 43.4 Å². The molecule has 2 aliphatic carbocycles. The molecule has 1 unspecified atom stereocenters. The highest BCUT2D eigenvalue weighted by atomic mass is 16.1. The van der Waals surface area contributed by atoms with Crippen LogP contribution in [0.4, 0.5) is 0 Å². The van der Waals surface area contributed by atoms with Gasteiger partial charge in [0.05, 0.1) is 0 Å². The fourth-order valence-electron chi connectivity index (χ4n) is 3.48. The van der Waals surface area contributed by atoms with E-state index in [1.807, 2.05) is 0 Å². The Morgan fingerprint density at radius 1 is 1.18 bits per heavy atom. The minimum absolute atomic E-state index is 0.288. The molecule has 0 amide bonds. The molecule has 1 saturated heterocycles. The number of nitrogens with zero attached hydrogens (tertiary/aromatic N) is 1. The molecule has 17 heavy (non-hydrogen) atoms. The van der Waals surface area contributed by atoms with E-state index in [2.05, 4.69) is 10.2 Å². The minimum Gasteiger partial charge on any atom is -0.314 e. The van der Waals surface area contributed by atoms with E-state index in [4.69, 9.17) is 0 Å². The van der Waals surface area contributed by atoms with Gasteiger partial charge in [0.15, 0.2) is 5.78 Å². The Kier molecular flexibility index (Phi) is 3.30. The zero-order chi connectivity index (χ0) is 11.7. The molecule has 1 fully saturated rings. The molecule has 3 aliphatic rings. The van der Waals surface area contributed by atoms with Crippen LogP contribution in [-0.2, 0) is 4.79 Å². The third kappa shape index (κ3) is 2.31. The largest absolute Gasteiger partial charge is 0.314 e. The second kappa shape index (κ2) is 4.91. The number of hydrogen-bond acceptors (Lipinski definition) is 3. The predicted octanol–water partition coefficient (Wildman–Crippen LogP) is 1.35. The number of carbonyl (C=O) groups is 1. The van der Waals surface area contributed by atoms with Crippen molar-refractivity contribution < 1.29 is 4.79 Å². The highest BCUT2D eigenvalue weighted by Crippen LogP contribution is 2.38. The van der Waals surface area contributed by atoms with Crippen LogP contribution in [0.5, 0.6) is 0 Å². The molecule has 1 aliphatic heterocycles. The van der Waals surface area contributed by atoms with Crippen molar-refractivity contribution in [2.24, 2.45) is 5.92 Å². The maximum absolute atomic E-state index is 12.3. The average Bonchev–Trinajstić information content (AvgIpc) is 2.68. The first kappa shape index (κ1) is 11.4. The van der Waals surface area contributed by atoms with Gasteiger partial charge in [0.25, 0.3) is 0 Å². The van der Waals surface area contributed by atoms with Crippen molar-refractivity contribution in [2.75, 3.05) is 32.7 Å². The highest BCUT2D eigenvalue weighted by molar-refractivity contribution is 6.00. The third-order valence-corrected chi connectivity index (χ3v) is 4.43. The smallest absolute Gasteiger partial charge is 0.163 e. The van der Waals surface area contributed by atoms with Crippen molar-refractivity contribution in [3.05, 3.63) is 11.1 Å². The van der Waals surface area contributed by atoms with Gasteiger partial charge >= 0.3 is 0 Å². The number of carbonyl (C=O) groups excluding carboxylic acids is 1. The standard InChI is InChI=1S/C14H22N2O/c17-14-12(10-16-7-5-15-6-8-16)9-11-3-1-2-4-13(11)14/h12,15H,1-10H2. The Labute approximate surface area is 103 Å². The van der Waals surface area contributed by atoms with Crippen molar-refractivity contribution in [3.63, 3.8) is 0 Å². The van der Waals surface area contributed by atoms with E-state index in [1.54, 1.807) is 0 Å². The Balaban J connectivity index is 1.61. The second-order valence-corrected chi connectivity index (χ2v) is 5.61. The summed E-state index contributed by atoms with van der Waals surface area (Å²) in [6, 6.07) is 0. The van der Waals surface area contributed by atoms with Gasteiger partial charge in [0.1, 0.15) is 0 Å². The number of nitrogens with one attached hydrogen (secondary N) is 1. The number of ketones is 1. The summed E-state index contributed by atoms with van der Waals surface area (Å²) < 4.78 is 0. The summed E-state index contributed by atoms with van der Waals surface area (Å²) in [5.74, 6) is 0.773. The first-order chi connectivity index (χ1) is 8.34. The summed E-state index contributed by atoms with van der Waals surface area (Å²) >= 11 is 0. The third-order valence-electron chi connectivity index (χ3n) is 4.43. The Morgan fingerprint density at radius 3 is 2.71 bits per heavy atom. The molecule has 0 spiro atoms. The molecule has 0 saturated carbocycles. The van der Waals surface area contributed by atoms with Gasteiger partial charge < -0.3 is 10.2 Å². The van der Waals surface area contributed by atoms with Crippen LogP contribution in [0.25, 0.3) is 0 Å². The lowest BCUT2D eigenvalue weighted by molar-refractivity contribution is -0.119. The molecule has 0 aromatic heterocycles. The molecule has 1 heterocycles. The molecular formula is C14H22N2O. The summed E-state index contributed by atoms with van der Waals surface area (Å²) in [5.41, 5.74) is 2.72. The zero-order valence-electron chi connectivity index (χ0n) is 10.5. The van der Waals surface area contributed by atoms with Gasteiger partial charge in [-0.25, -0.2) is 0 Å². The van der Waals surface area contributed by atoms with Gasteiger partial charge in [-0.3, -0.25) is 4.79 Å². The van der Waals surface area contributed by atoms with E-state index in [-0.39, 0.29) is 5.92 Å². The molecule has 3 rings (SSSR count). The van der Waals surface area contributed by atoms with Crippen molar-refractivity contribution >= 4 is 5.78 Å². The molecule has 3 nitrogen and oxygen atoms in total. The van der Waals surface area contributed by atoms with Crippen LogP contribution in [0.2, 0.25) is 0 Å². The van der Waals surface area contributed by atoms with Gasteiger partial charge in [-0.05, 0) is 37.7 Å². The van der Waals surface area contributed by atoms with Gasteiger partial charge in [-0.1, -0.05) is 5.57 Å². The van der Waals surface area contributed by atoms with Gasteiger partial charge in [-0.15, -0.1) is 0 Å². The number of hydrogen-bond donors (Lipinski definition) is 1. The molecular weight excluding hydrogens is 212 g/mol. The molecule has 0 aromatic carbocycles. The maximum Gasteiger partial charge on any atom is 0.163 e. The highest BCUT2D eigenvalue weighted by Gasteiger charge is 2.34. The number of allylic oxidation sites excluding steroid dienone is 2. The summed E-state index contributed by atoms with van der Waals surface area (Å²) in [6.45, 7) is 5.36. The van der Waals surface area contributed by atoms with E-state index in [0.717, 1.165) is 45.6 Å². The molecule has 0 radical (unpaired) electrons. The SMILES string of the molecule is O=C1C2=C(CCCC2)CC1CN1CCNCC1. The molecule has 0 bridgehead atoms. The van der Waals surface area contributed by atoms with Crippen molar-refractivity contribution in [1.82, 2.24) is 10.2 Å². The van der Waals surface area contributed by atoms with Crippen LogP contribution in [0.3, 0.4) is 0 Å². The van der Waals surface area contributed by atoms with Crippen LogP contribution in [0.1, 0.15) is 32.1 Å². The summed E-state index contributed by atoms with van der Waals surface area (Å²) in [4.78, 5) is 14.8. The molecule has 1 atom stereocenters. The van der Waals surface area contributed by atoms with Crippen molar-refractivity contribution in [2.45, 2.75) is 32.1 Å². The molecule has 3 heteroatoms. The first-order valence-corrected chi connectivity index (χ1v) is 7.03. The monoisotopic (exact) mass is 234 g/mol. The lowest BCUT2D eigenvalue weighted by Crippen LogP contribution is -2.45. The van der Waals surface area contributed by atoms with Crippen LogP contribution < -0.4 is 5.32 Å². The number of rotatable bonds is 2. The van der Waals surface area contributed by atoms with E-state index in [0.29, 0.717) is 5.78 Å². The average molecular weight is 234 g/mol. The first-order valence-electron chi connectivity index (χ1n) is 7.03. The van der Waals surface area contributed by atoms with Crippen molar-refractivity contribution in [3.8, 4) is 0 Å². The van der Waals surface area contributed by atoms with Gasteiger partial charge in [0, 0.05) is 38.6 Å². The summed E-state index contributed by atoms with van der Waals surface area (Å²) in [7, 11) is 0. The summed E-state index contributed by atoms with van der Waals surface area (Å²) in [6.07, 6.45) is 5.85. The van der Waals surface area contributed by atoms with Crippen LogP contribution in [0, 0.1) is 5.92 Å². The fourth-order valence-corrected chi connectivity index (χ4v) is 3.48. The lowest BCUT2D eigenvalue weighted by Gasteiger charge is -2.29. The van der Waals surface area contributed by atoms with Crippen LogP contribution in [0.15, 0.2) is 11.1 Å². The Morgan fingerprint density at radius 2 is 1.94 bits per heavy atom. The quantitative estimate of drug-likeness (QED) is 0.783. The van der Waals surface area contributed by atoms with E-state index in [9.17, 15) is 4.79 Å². The lowest BCUT2D eigenvalue weighted by atomic mass is 9.94. The van der Waals surface area contributed by atoms with Crippen LogP contribution >= 0.6 is 0 Å². The van der Waals surface area contributed by atoms with E-state index >= 15 is 0 Å². The molecule has 94 valence electrons. The molecule has 0 aromatic rings. The number of Topliss-reactive ketones (excluding diaryl/α,β-unsaturated/α-hetero) is 1. The van der Waals surface area contributed by atoms with Gasteiger partial charge in [0.2, 0.25) is 0 Å². The van der Waals surface area contributed by atoms with E-state index in [1.165, 1.54) is 30.4 Å². The Hall–Kier alpha value is -0.670. The zero-order valence-corrected chi connectivity index (χ0v) is 10.5. The maximum atomic E-state index is 12.3. The molecule has 1 N–H and O–H groups in total. The normalized spacial score (nSPS) is 30.8. The number of piperazine rings is 1. The minimum atomic E-state index is 0.288. The van der Waals surface area contributed by atoms with Crippen molar-refractivity contribution in [1.29, 1.82) is 0 Å². The van der Waals surface area contributed by atoms with Gasteiger partial charge in [-0.2, -0.15) is 0 Å². The predicted molar refractivity (Wildman–Crippen MR) is 67.9 cm³/mol.